The van der Waals surface area contributed by atoms with E-state index in [4.69, 9.17) is 14.7 Å². The van der Waals surface area contributed by atoms with Crippen LogP contribution in [0.5, 0.6) is 0 Å². The lowest BCUT2D eigenvalue weighted by Crippen LogP contribution is -2.45. The van der Waals surface area contributed by atoms with Crippen LogP contribution in [0.4, 0.5) is 10.6 Å². The quantitative estimate of drug-likeness (QED) is 0.105. The second kappa shape index (κ2) is 17.0. The van der Waals surface area contributed by atoms with Gasteiger partial charge in [-0.25, -0.2) is 19.7 Å². The van der Waals surface area contributed by atoms with Gasteiger partial charge in [0.05, 0.1) is 19.4 Å². The predicted molar refractivity (Wildman–Crippen MR) is 201 cm³/mol. The number of ether oxygens (including phenoxy) is 1. The van der Waals surface area contributed by atoms with E-state index in [1.165, 1.54) is 36.8 Å². The van der Waals surface area contributed by atoms with E-state index in [2.05, 4.69) is 79.4 Å². The van der Waals surface area contributed by atoms with E-state index >= 15 is 0 Å². The van der Waals surface area contributed by atoms with Crippen molar-refractivity contribution >= 4 is 23.0 Å². The van der Waals surface area contributed by atoms with Gasteiger partial charge in [-0.05, 0) is 50.0 Å². The number of aliphatic hydroxyl groups excluding tert-OH is 2. The van der Waals surface area contributed by atoms with Gasteiger partial charge in [0.25, 0.3) is 0 Å². The van der Waals surface area contributed by atoms with Gasteiger partial charge < -0.3 is 30.9 Å². The Morgan fingerprint density at radius 3 is 2.33 bits per heavy atom. The lowest BCUT2D eigenvalue weighted by molar-refractivity contribution is -0.0384. The molecular weight excluding hydrogens is 688 g/mol. The Balaban J connectivity index is 1.13. The fourth-order valence-corrected chi connectivity index (χ4v) is 7.57. The first-order valence-electron chi connectivity index (χ1n) is 18.9. The number of urea groups is 1. The summed E-state index contributed by atoms with van der Waals surface area (Å²) in [7, 11) is 0. The molecule has 286 valence electrons. The minimum atomic E-state index is -1.35. The maximum absolute atomic E-state index is 13.0. The van der Waals surface area contributed by atoms with Crippen molar-refractivity contribution in [2.24, 2.45) is 0 Å². The van der Waals surface area contributed by atoms with Crippen molar-refractivity contribution < 1.29 is 19.7 Å². The molecule has 16 nitrogen and oxygen atoms in total. The summed E-state index contributed by atoms with van der Waals surface area (Å²) in [5.74, 6) is 0.927. The zero-order chi connectivity index (χ0) is 37.6. The molecule has 2 amide bonds. The Morgan fingerprint density at radius 2 is 1.69 bits per heavy atom. The highest BCUT2D eigenvalue weighted by Gasteiger charge is 2.47. The van der Waals surface area contributed by atoms with E-state index in [0.717, 1.165) is 17.7 Å². The average molecular weight is 739 g/mol. The number of aryl methyl sites for hydroxylation is 1. The molecule has 2 aromatic carbocycles. The summed E-state index contributed by atoms with van der Waals surface area (Å²) in [5.41, 5.74) is 3.05. The highest BCUT2D eigenvalue weighted by molar-refractivity contribution is 5.83. The van der Waals surface area contributed by atoms with Crippen molar-refractivity contribution in [3.05, 3.63) is 89.8 Å². The molecule has 0 radical (unpaired) electrons. The van der Waals surface area contributed by atoms with E-state index in [0.29, 0.717) is 54.5 Å². The number of amides is 2. The molecule has 1 aliphatic carbocycles. The first-order chi connectivity index (χ1) is 26.3. The summed E-state index contributed by atoms with van der Waals surface area (Å²) in [5, 5.41) is 44.0. The topological polar surface area (TPSA) is 193 Å². The van der Waals surface area contributed by atoms with Crippen LogP contribution in [0.2, 0.25) is 0 Å². The molecule has 4 heterocycles. The van der Waals surface area contributed by atoms with Crippen molar-refractivity contribution in [2.45, 2.75) is 102 Å². The van der Waals surface area contributed by atoms with Gasteiger partial charge in [-0.1, -0.05) is 73.5 Å². The van der Waals surface area contributed by atoms with Gasteiger partial charge >= 0.3 is 6.03 Å². The van der Waals surface area contributed by atoms with Gasteiger partial charge in [-0.15, -0.1) is 10.2 Å². The Kier molecular flexibility index (Phi) is 11.7. The van der Waals surface area contributed by atoms with Gasteiger partial charge in [0, 0.05) is 37.6 Å². The van der Waals surface area contributed by atoms with E-state index in [1.54, 1.807) is 4.57 Å². The van der Waals surface area contributed by atoms with Crippen LogP contribution in [0.15, 0.2) is 67.0 Å². The lowest BCUT2D eigenvalue weighted by Gasteiger charge is -2.32. The fourth-order valence-electron chi connectivity index (χ4n) is 7.57. The molecule has 4 unspecified atom stereocenters. The van der Waals surface area contributed by atoms with Crippen LogP contribution in [0, 0.1) is 0 Å². The number of anilines is 1. The summed E-state index contributed by atoms with van der Waals surface area (Å²) in [6.45, 7) is 8.56. The molecular formula is C38H50N12O4. The maximum atomic E-state index is 13.0. The second-order valence-corrected chi connectivity index (χ2v) is 14.2. The zero-order valence-electron chi connectivity index (χ0n) is 31.0. The van der Waals surface area contributed by atoms with E-state index in [1.807, 2.05) is 43.3 Å². The van der Waals surface area contributed by atoms with E-state index < -0.39 is 24.5 Å². The lowest BCUT2D eigenvalue weighted by atomic mass is 9.91. The smallest absolute Gasteiger partial charge is 0.315 e. The average Bonchev–Trinajstić information content (AvgIpc) is 4.02. The number of carbonyl (C=O) groups is 1. The zero-order valence-corrected chi connectivity index (χ0v) is 31.0. The van der Waals surface area contributed by atoms with Crippen molar-refractivity contribution in [1.29, 1.82) is 0 Å². The number of benzene rings is 2. The number of hydrogen-bond acceptors (Lipinski definition) is 12. The molecule has 3 aromatic heterocycles. The molecule has 54 heavy (non-hydrogen) atoms. The monoisotopic (exact) mass is 738 g/mol. The Hall–Kier alpha value is -5.03. The molecule has 1 saturated carbocycles. The third kappa shape index (κ3) is 8.21. The Morgan fingerprint density at radius 1 is 0.981 bits per heavy atom. The number of aromatic nitrogens is 8. The number of fused-ring (bicyclic) bond motifs is 1. The third-order valence-electron chi connectivity index (χ3n) is 10.4. The number of imidazole rings is 1. The summed E-state index contributed by atoms with van der Waals surface area (Å²) >= 11 is 0. The Labute approximate surface area is 314 Å². The number of tetrazole rings is 1. The van der Waals surface area contributed by atoms with Crippen LogP contribution >= 0.6 is 0 Å². The molecule has 4 atom stereocenters. The summed E-state index contributed by atoms with van der Waals surface area (Å²) in [4.78, 5) is 31.2. The van der Waals surface area contributed by atoms with Crippen molar-refractivity contribution in [1.82, 2.24) is 55.3 Å². The summed E-state index contributed by atoms with van der Waals surface area (Å²) < 4.78 is 7.74. The van der Waals surface area contributed by atoms with Crippen LogP contribution in [0.25, 0.3) is 11.2 Å². The van der Waals surface area contributed by atoms with Crippen LogP contribution < -0.4 is 16.0 Å². The van der Waals surface area contributed by atoms with Crippen molar-refractivity contribution in [2.75, 3.05) is 25.0 Å². The molecule has 0 spiro atoms. The van der Waals surface area contributed by atoms with Crippen LogP contribution in [0.3, 0.4) is 0 Å². The largest absolute Gasteiger partial charge is 0.387 e. The van der Waals surface area contributed by atoms with Gasteiger partial charge in [0.1, 0.15) is 12.2 Å². The first-order valence-corrected chi connectivity index (χ1v) is 18.9. The molecule has 2 aliphatic rings. The minimum absolute atomic E-state index is 0.0126. The number of rotatable bonds is 15. The van der Waals surface area contributed by atoms with Gasteiger partial charge in [-0.2, -0.15) is 4.80 Å². The Bertz CT molecular complexity index is 1930. The molecule has 16 heteroatoms. The van der Waals surface area contributed by atoms with Crippen molar-refractivity contribution in [3.8, 4) is 0 Å². The molecule has 1 saturated heterocycles. The SMILES string of the molecule is CCn1nnc(C2OC(n3cnc4c(NCC(c5ccccc5)c5ccccc5)nc(CNC(=O)NCCN(C(C)C)C5CCCC5)nc43)C(O)C2O)n1. The summed E-state index contributed by atoms with van der Waals surface area (Å²) in [6.07, 6.45) is 1.65. The van der Waals surface area contributed by atoms with Gasteiger partial charge in [0.15, 0.2) is 35.1 Å². The molecule has 1 aliphatic heterocycles. The second-order valence-electron chi connectivity index (χ2n) is 14.2. The van der Waals surface area contributed by atoms with Crippen LogP contribution in [-0.4, -0.2) is 105 Å². The molecule has 2 fully saturated rings. The van der Waals surface area contributed by atoms with Gasteiger partial charge in [0.2, 0.25) is 5.82 Å². The molecule has 5 aromatic rings. The molecule has 0 bridgehead atoms. The van der Waals surface area contributed by atoms with Crippen molar-refractivity contribution in [3.63, 3.8) is 0 Å². The number of hydrogen-bond donors (Lipinski definition) is 5. The third-order valence-corrected chi connectivity index (χ3v) is 10.4. The summed E-state index contributed by atoms with van der Waals surface area (Å²) in [6, 6.07) is 21.1. The van der Waals surface area contributed by atoms with E-state index in [-0.39, 0.29) is 24.3 Å². The number of aliphatic hydroxyl groups is 2. The van der Waals surface area contributed by atoms with Crippen LogP contribution in [0.1, 0.15) is 87.5 Å². The minimum Gasteiger partial charge on any atom is -0.387 e. The van der Waals surface area contributed by atoms with E-state index in [9.17, 15) is 15.0 Å². The predicted octanol–water partition coefficient (Wildman–Crippen LogP) is 3.52. The fraction of sp³-hybridized carbons (Fsp3) is 0.500. The normalized spacial score (nSPS) is 20.4. The first kappa shape index (κ1) is 37.3. The number of carbonyl (C=O) groups excluding carboxylic acids is 1. The van der Waals surface area contributed by atoms with Gasteiger partial charge in [-0.3, -0.25) is 9.47 Å². The van der Waals surface area contributed by atoms with Crippen LogP contribution in [-0.2, 0) is 17.8 Å². The standard InChI is InChI=1S/C38H50N12O4/c1-4-50-46-35(45-47-50)33-31(51)32(52)37(54-33)49-23-42-30-34(40-21-28(25-13-7-5-8-14-25)26-15-9-6-10-16-26)43-29(44-36(30)49)22-41-38(53)39-19-20-48(24(2)3)27-17-11-12-18-27/h5-10,13-16,23-24,27-28,31-33,37,51-52H,4,11-12,17-22H2,1-3H3,(H2,39,41,53)(H,40,43,44). The highest BCUT2D eigenvalue weighted by Crippen LogP contribution is 2.39. The number of nitrogens with zero attached hydrogens (tertiary/aromatic N) is 9. The molecule has 5 N–H and O–H groups in total. The number of nitrogens with one attached hydrogen (secondary N) is 3. The maximum Gasteiger partial charge on any atom is 0.315 e. The highest BCUT2D eigenvalue weighted by atomic mass is 16.6. The molecule has 7 rings (SSSR count).